The SMILES string of the molecule is CC/C=C\C/C=C\C/C=C\C/C=C\C/C=C\C/C=C\CCCCCCCCCCCCC(=O)OCC(O)COP(=O)(O)OCC(O)COP(=O)(O)OCC(COC(=O)CCCCCCCCCCCCC/C=C\C/C=C\C/C=C\C/C=C\C/C=C\CC)OC(=O)CCC/C=C\C/C=C\C/C=C\C/C=C\C/C=C\CC. The Morgan fingerprint density at radius 2 is 0.468 bits per heavy atom. The normalized spacial score (nSPS) is 14.9. The maximum Gasteiger partial charge on any atom is 0.472 e. The molecular formula is C91H148O16P2. The van der Waals surface area contributed by atoms with E-state index in [1.54, 1.807) is 0 Å². The smallest absolute Gasteiger partial charge is 0.463 e. The second-order valence-corrected chi connectivity index (χ2v) is 30.0. The fourth-order valence-electron chi connectivity index (χ4n) is 10.6. The Bertz CT molecular complexity index is 2760. The van der Waals surface area contributed by atoms with Gasteiger partial charge in [-0.1, -0.05) is 324 Å². The molecule has 0 amide bonds. The Morgan fingerprint density at radius 1 is 0.257 bits per heavy atom. The number of phosphoric ester groups is 2. The number of carbonyl (C=O) groups is 3. The van der Waals surface area contributed by atoms with E-state index >= 15 is 0 Å². The monoisotopic (exact) mass is 1560 g/mol. The molecule has 0 aliphatic carbocycles. The molecule has 4 N–H and O–H groups in total. The van der Waals surface area contributed by atoms with Crippen molar-refractivity contribution in [3.05, 3.63) is 194 Å². The lowest BCUT2D eigenvalue weighted by atomic mass is 10.0. The van der Waals surface area contributed by atoms with Crippen molar-refractivity contribution < 1.29 is 75.8 Å². The molecule has 0 aliphatic heterocycles. The summed E-state index contributed by atoms with van der Waals surface area (Å²) in [6.45, 7) is 2.26. The first-order chi connectivity index (χ1) is 53.2. The zero-order valence-electron chi connectivity index (χ0n) is 67.6. The molecule has 16 nitrogen and oxygen atoms in total. The summed E-state index contributed by atoms with van der Waals surface area (Å²) in [5.74, 6) is -1.66. The Labute approximate surface area is 661 Å². The van der Waals surface area contributed by atoms with Gasteiger partial charge in [-0.3, -0.25) is 32.5 Å². The van der Waals surface area contributed by atoms with Gasteiger partial charge in [0.25, 0.3) is 0 Å². The van der Waals surface area contributed by atoms with Gasteiger partial charge in [0.05, 0.1) is 26.4 Å². The van der Waals surface area contributed by atoms with E-state index < -0.39 is 91.5 Å². The second kappa shape index (κ2) is 81.9. The summed E-state index contributed by atoms with van der Waals surface area (Å²) in [5, 5.41) is 20.7. The van der Waals surface area contributed by atoms with Gasteiger partial charge in [-0.25, -0.2) is 9.13 Å². The van der Waals surface area contributed by atoms with Crippen LogP contribution in [0.4, 0.5) is 0 Å². The molecule has 5 unspecified atom stereocenters. The number of unbranched alkanes of at least 4 members (excludes halogenated alkanes) is 22. The largest absolute Gasteiger partial charge is 0.472 e. The van der Waals surface area contributed by atoms with Gasteiger partial charge in [0.15, 0.2) is 6.10 Å². The lowest BCUT2D eigenvalue weighted by molar-refractivity contribution is -0.161. The van der Waals surface area contributed by atoms with Crippen LogP contribution in [0.3, 0.4) is 0 Å². The molecule has 18 heteroatoms. The number of hydrogen-bond donors (Lipinski definition) is 4. The Morgan fingerprint density at radius 3 is 0.752 bits per heavy atom. The number of esters is 3. The van der Waals surface area contributed by atoms with Gasteiger partial charge >= 0.3 is 33.6 Å². The molecule has 5 atom stereocenters. The van der Waals surface area contributed by atoms with Gasteiger partial charge in [0.1, 0.15) is 25.4 Å². The van der Waals surface area contributed by atoms with Crippen molar-refractivity contribution in [2.24, 2.45) is 0 Å². The summed E-state index contributed by atoms with van der Waals surface area (Å²) >= 11 is 0. The molecule has 109 heavy (non-hydrogen) atoms. The van der Waals surface area contributed by atoms with Crippen LogP contribution in [0, 0.1) is 0 Å². The van der Waals surface area contributed by atoms with Crippen molar-refractivity contribution in [2.75, 3.05) is 39.6 Å². The van der Waals surface area contributed by atoms with Gasteiger partial charge in [-0.15, -0.1) is 0 Å². The number of ether oxygens (including phenoxy) is 3. The summed E-state index contributed by atoms with van der Waals surface area (Å²) in [7, 11) is -9.83. The quantitative estimate of drug-likeness (QED) is 0.0146. The first-order valence-corrected chi connectivity index (χ1v) is 44.7. The number of phosphoric acid groups is 2. The third kappa shape index (κ3) is 83.2. The van der Waals surface area contributed by atoms with Crippen molar-refractivity contribution in [1.29, 1.82) is 0 Å². The summed E-state index contributed by atoms with van der Waals surface area (Å²) in [5.41, 5.74) is 0. The molecule has 0 saturated heterocycles. The van der Waals surface area contributed by atoms with Gasteiger partial charge < -0.3 is 34.2 Å². The lowest BCUT2D eigenvalue weighted by Crippen LogP contribution is -2.30. The number of aliphatic hydroxyl groups excluding tert-OH is 2. The molecule has 0 fully saturated rings. The van der Waals surface area contributed by atoms with Crippen molar-refractivity contribution >= 4 is 33.6 Å². The molecule has 618 valence electrons. The van der Waals surface area contributed by atoms with E-state index in [0.717, 1.165) is 167 Å². The average molecular weight is 1560 g/mol. The van der Waals surface area contributed by atoms with E-state index in [-0.39, 0.29) is 19.3 Å². The van der Waals surface area contributed by atoms with E-state index in [0.29, 0.717) is 25.7 Å². The van der Waals surface area contributed by atoms with Crippen LogP contribution >= 0.6 is 15.6 Å². The third-order valence-corrected chi connectivity index (χ3v) is 18.7. The van der Waals surface area contributed by atoms with Crippen LogP contribution in [0.1, 0.15) is 303 Å². The molecule has 0 aromatic rings. The highest BCUT2D eigenvalue weighted by atomic mass is 31.2. The van der Waals surface area contributed by atoms with E-state index in [9.17, 15) is 43.5 Å². The molecule has 0 radical (unpaired) electrons. The van der Waals surface area contributed by atoms with E-state index in [4.69, 9.17) is 32.3 Å². The molecule has 0 heterocycles. The van der Waals surface area contributed by atoms with Crippen LogP contribution < -0.4 is 0 Å². The van der Waals surface area contributed by atoms with Crippen LogP contribution in [0.15, 0.2) is 194 Å². The standard InChI is InChI=1S/C91H148O16P2/c1-4-7-10-13-16-19-22-25-28-31-33-35-37-39-41-42-44-46-47-49-51-54-56-59-62-65-68-71-74-77-89(94)101-80-86(92)81-103-108(97,98)104-82-87(93)83-105-109(99,100)106-85-88(107-91(96)79-76-73-70-67-64-61-58-53-30-27-24-21-18-15-12-9-6-3)84-102-90(95)78-75-72-69-66-63-60-57-55-52-50-48-45-43-40-38-36-34-32-29-26-23-20-17-14-11-8-5-2/h7-12,16-21,25-30,33-36,39-41,43-44,46,58,61,67,70,86-88,92-93H,4-6,13-15,22-24,31-32,37-38,42,45,47-57,59-60,62-66,68-69,71-85H2,1-3H3,(H,97,98)(H,99,100)/b10-7-,11-8-,12-9-,19-16-,20-17-,21-18-,28-25-,29-26-,30-27-,35-33-,36-34-,41-39-,43-40-,46-44-,61-58-,70-67-. The first-order valence-electron chi connectivity index (χ1n) is 41.7. The van der Waals surface area contributed by atoms with Crippen molar-refractivity contribution in [2.45, 2.75) is 322 Å². The predicted molar refractivity (Wildman–Crippen MR) is 454 cm³/mol. The molecule has 0 aliphatic rings. The van der Waals surface area contributed by atoms with Gasteiger partial charge in [-0.05, 0) is 154 Å². The minimum atomic E-state index is -4.96. The molecule has 0 saturated carbocycles. The van der Waals surface area contributed by atoms with Crippen LogP contribution in [0.5, 0.6) is 0 Å². The highest BCUT2D eigenvalue weighted by Gasteiger charge is 2.29. The Hall–Kier alpha value is -5.61. The van der Waals surface area contributed by atoms with Crippen molar-refractivity contribution in [3.63, 3.8) is 0 Å². The zero-order valence-corrected chi connectivity index (χ0v) is 69.4. The summed E-state index contributed by atoms with van der Waals surface area (Å²) in [4.78, 5) is 58.8. The van der Waals surface area contributed by atoms with E-state index in [1.165, 1.54) is 70.6 Å². The fourth-order valence-corrected chi connectivity index (χ4v) is 12.2. The maximum atomic E-state index is 13.0. The Kier molecular flexibility index (Phi) is 77.7. The molecule has 0 rings (SSSR count). The van der Waals surface area contributed by atoms with Gasteiger partial charge in [0.2, 0.25) is 0 Å². The van der Waals surface area contributed by atoms with E-state index in [1.807, 2.05) is 12.2 Å². The number of aliphatic hydroxyl groups is 2. The van der Waals surface area contributed by atoms with E-state index in [2.05, 4.69) is 203 Å². The predicted octanol–water partition coefficient (Wildman–Crippen LogP) is 25.1. The van der Waals surface area contributed by atoms with Crippen LogP contribution in [-0.4, -0.2) is 95.9 Å². The molecule has 0 spiro atoms. The van der Waals surface area contributed by atoms with Crippen LogP contribution in [0.25, 0.3) is 0 Å². The van der Waals surface area contributed by atoms with Crippen LogP contribution in [0.2, 0.25) is 0 Å². The average Bonchev–Trinajstić information content (AvgIpc) is 0.902. The van der Waals surface area contributed by atoms with Gasteiger partial charge in [-0.2, -0.15) is 0 Å². The molecule has 0 bridgehead atoms. The van der Waals surface area contributed by atoms with Crippen molar-refractivity contribution in [3.8, 4) is 0 Å². The van der Waals surface area contributed by atoms with Gasteiger partial charge in [0, 0.05) is 19.3 Å². The number of carbonyl (C=O) groups excluding carboxylic acids is 3. The first kappa shape index (κ1) is 103. The summed E-state index contributed by atoms with van der Waals surface area (Å²) < 4.78 is 61.2. The lowest BCUT2D eigenvalue weighted by Gasteiger charge is -2.21. The maximum absolute atomic E-state index is 13.0. The zero-order chi connectivity index (χ0) is 79.4. The fraction of sp³-hybridized carbons (Fsp3) is 0.615. The Balaban J connectivity index is 4.63. The second-order valence-electron chi connectivity index (χ2n) is 27.1. The third-order valence-electron chi connectivity index (χ3n) is 16.8. The topological polar surface area (TPSA) is 231 Å². The highest BCUT2D eigenvalue weighted by Crippen LogP contribution is 2.45. The number of hydrogen-bond acceptors (Lipinski definition) is 14. The van der Waals surface area contributed by atoms with Crippen LogP contribution in [-0.2, 0) is 55.8 Å². The van der Waals surface area contributed by atoms with Crippen molar-refractivity contribution in [1.82, 2.24) is 0 Å². The summed E-state index contributed by atoms with van der Waals surface area (Å²) in [6.07, 6.45) is 108. The highest BCUT2D eigenvalue weighted by molar-refractivity contribution is 7.47. The molecule has 0 aromatic heterocycles. The number of allylic oxidation sites excluding steroid dienone is 32. The minimum absolute atomic E-state index is 0.0192. The summed E-state index contributed by atoms with van der Waals surface area (Å²) in [6, 6.07) is 0. The number of rotatable bonds is 77. The molecule has 0 aromatic carbocycles. The molecular weight excluding hydrogens is 1410 g/mol. The minimum Gasteiger partial charge on any atom is -0.463 e.